The van der Waals surface area contributed by atoms with E-state index in [0.717, 1.165) is 0 Å². The first-order valence-electron chi connectivity index (χ1n) is 3.47. The quantitative estimate of drug-likeness (QED) is 0.262. The Balaban J connectivity index is 0. The van der Waals surface area contributed by atoms with Gasteiger partial charge in [-0.3, -0.25) is 0 Å². The number of hydrogen-bond acceptors (Lipinski definition) is 6. The van der Waals surface area contributed by atoms with Crippen LogP contribution < -0.4 is 0 Å². The molecule has 0 bridgehead atoms. The van der Waals surface area contributed by atoms with Crippen LogP contribution in [0, 0.1) is 0 Å². The molecule has 0 heterocycles. The van der Waals surface area contributed by atoms with Crippen LogP contribution in [0.3, 0.4) is 0 Å². The van der Waals surface area contributed by atoms with Crippen molar-refractivity contribution in [2.75, 3.05) is 0 Å². The average molecular weight is 236 g/mol. The molecule has 0 saturated carbocycles. The number of carboxylic acid groups (broad SMARTS) is 2. The molecule has 0 saturated heterocycles. The zero-order valence-electron chi connectivity index (χ0n) is 6.81. The molecule has 0 aromatic rings. The van der Waals surface area contributed by atoms with E-state index in [9.17, 15) is 9.59 Å². The third kappa shape index (κ3) is 4.73. The highest BCUT2D eigenvalue weighted by Crippen LogP contribution is 2.05. The van der Waals surface area contributed by atoms with Crippen molar-refractivity contribution in [3.8, 4) is 0 Å². The minimum Gasteiger partial charge on any atom is -0.479 e. The molecular weight excluding hydrogens is 224 g/mol. The summed E-state index contributed by atoms with van der Waals surface area (Å²) >= 11 is 0. The topological polar surface area (TPSA) is 156 Å². The molecule has 0 aromatic carbocycles. The Morgan fingerprint density at radius 2 is 0.933 bits per heavy atom. The second kappa shape index (κ2) is 6.93. The highest BCUT2D eigenvalue weighted by Gasteiger charge is 2.37. The summed E-state index contributed by atoms with van der Waals surface area (Å²) in [5.74, 6) is -3.68. The predicted octanol–water partition coefficient (Wildman–Crippen LogP) is -4.32. The first-order valence-corrected chi connectivity index (χ1v) is 3.47. The zero-order valence-corrected chi connectivity index (χ0v) is 6.81. The van der Waals surface area contributed by atoms with Crippen LogP contribution in [0.15, 0.2) is 0 Å². The Kier molecular flexibility index (Phi) is 7.83. The van der Waals surface area contributed by atoms with E-state index >= 15 is 0 Å². The summed E-state index contributed by atoms with van der Waals surface area (Å²) in [6.07, 6.45) is -9.28. The van der Waals surface area contributed by atoms with E-state index in [1.807, 2.05) is 0 Å². The van der Waals surface area contributed by atoms with Crippen LogP contribution in [-0.2, 0) is 9.59 Å². The molecule has 4 atom stereocenters. The monoisotopic (exact) mass is 236 g/mol. The van der Waals surface area contributed by atoms with Crippen molar-refractivity contribution in [1.82, 2.24) is 0 Å². The normalized spacial score (nSPS) is 18.1. The molecule has 0 aromatic heterocycles. The number of aliphatic hydroxyl groups excluding tert-OH is 4. The molecule has 15 heavy (non-hydrogen) atoms. The summed E-state index contributed by atoms with van der Waals surface area (Å²) in [6, 6.07) is 0. The zero-order chi connectivity index (χ0) is 11.5. The van der Waals surface area contributed by atoms with Crippen molar-refractivity contribution in [2.45, 2.75) is 24.4 Å². The lowest BCUT2D eigenvalue weighted by Crippen LogP contribution is -2.49. The Morgan fingerprint density at radius 1 is 0.733 bits per heavy atom. The van der Waals surface area contributed by atoms with Crippen molar-refractivity contribution in [1.29, 1.82) is 0 Å². The number of aliphatic hydroxyl groups is 4. The van der Waals surface area contributed by atoms with E-state index in [0.29, 0.717) is 0 Å². The Hall–Kier alpha value is -0.454. The van der Waals surface area contributed by atoms with Gasteiger partial charge in [0.15, 0.2) is 12.2 Å². The molecule has 0 radical (unpaired) electrons. The van der Waals surface area contributed by atoms with E-state index in [1.54, 1.807) is 0 Å². The van der Waals surface area contributed by atoms with Gasteiger partial charge in [-0.1, -0.05) is 0 Å². The second-order valence-electron chi connectivity index (χ2n) is 2.55. The largest absolute Gasteiger partial charge is 0.479 e. The Bertz CT molecular complexity index is 207. The first kappa shape index (κ1) is 17.0. The molecule has 0 fully saturated rings. The van der Waals surface area contributed by atoms with E-state index in [4.69, 9.17) is 30.6 Å². The van der Waals surface area contributed by atoms with Crippen LogP contribution in [0.4, 0.5) is 0 Å². The van der Waals surface area contributed by atoms with E-state index in [-0.39, 0.29) is 23.1 Å². The van der Waals surface area contributed by atoms with Crippen LogP contribution in [-0.4, -0.2) is 90.0 Å². The summed E-state index contributed by atoms with van der Waals surface area (Å²) in [6.45, 7) is 0. The molecule has 0 aliphatic carbocycles. The van der Waals surface area contributed by atoms with Gasteiger partial charge in [0.25, 0.3) is 0 Å². The molecule has 0 aliphatic rings. The van der Waals surface area contributed by atoms with E-state index in [2.05, 4.69) is 0 Å². The molecule has 86 valence electrons. The van der Waals surface area contributed by atoms with Gasteiger partial charge in [0, 0.05) is 0 Å². The minimum atomic E-state index is -2.36. The Labute approximate surface area is 99.9 Å². The molecule has 0 rings (SSSR count). The lowest BCUT2D eigenvalue weighted by atomic mass is 10.0. The van der Waals surface area contributed by atoms with Gasteiger partial charge >= 0.3 is 35.0 Å². The third-order valence-corrected chi connectivity index (χ3v) is 1.50. The standard InChI is InChI=1S/C6H10O8.Mg.2H/c7-1(3(9)5(11)12)2(8)4(10)6(13)14;;;/h1-4,7-10H,(H,11,12)(H,13,14);;;/t1-,2-,3-,4+;;;/m0.../s1. The van der Waals surface area contributed by atoms with Gasteiger partial charge < -0.3 is 30.6 Å². The van der Waals surface area contributed by atoms with Crippen LogP contribution in [0.5, 0.6) is 0 Å². The predicted molar refractivity (Wildman–Crippen MR) is 47.8 cm³/mol. The summed E-state index contributed by atoms with van der Waals surface area (Å²) in [4.78, 5) is 20.2. The maximum absolute atomic E-state index is 10.1. The van der Waals surface area contributed by atoms with Gasteiger partial charge in [-0.15, -0.1) is 0 Å². The smallest absolute Gasteiger partial charge is 0.335 e. The molecule has 8 nitrogen and oxygen atoms in total. The number of carbonyl (C=O) groups is 2. The van der Waals surface area contributed by atoms with Crippen molar-refractivity contribution in [3.05, 3.63) is 0 Å². The SMILES string of the molecule is O=C(O)[C@@H](O)[C@@H](O)[C@H](O)[C@@H](O)C(=O)O.[MgH2]. The number of carboxylic acids is 2. The summed E-state index contributed by atoms with van der Waals surface area (Å²) in [5.41, 5.74) is 0. The third-order valence-electron chi connectivity index (χ3n) is 1.50. The molecule has 6 N–H and O–H groups in total. The molecule has 0 amide bonds. The molecular formula is C6H12MgO8. The fraction of sp³-hybridized carbons (Fsp3) is 0.667. The fourth-order valence-corrected chi connectivity index (χ4v) is 0.666. The Morgan fingerprint density at radius 3 is 1.07 bits per heavy atom. The van der Waals surface area contributed by atoms with Gasteiger partial charge in [0.2, 0.25) is 0 Å². The van der Waals surface area contributed by atoms with Crippen LogP contribution >= 0.6 is 0 Å². The van der Waals surface area contributed by atoms with Gasteiger partial charge in [0.1, 0.15) is 12.2 Å². The average Bonchev–Trinajstić information content (AvgIpc) is 2.12. The van der Waals surface area contributed by atoms with Crippen LogP contribution in [0.25, 0.3) is 0 Å². The lowest BCUT2D eigenvalue weighted by molar-refractivity contribution is -0.172. The lowest BCUT2D eigenvalue weighted by Gasteiger charge is -2.21. The second-order valence-corrected chi connectivity index (χ2v) is 2.55. The van der Waals surface area contributed by atoms with Gasteiger partial charge in [-0.2, -0.15) is 0 Å². The summed E-state index contributed by atoms with van der Waals surface area (Å²) < 4.78 is 0. The number of hydrogen-bond donors (Lipinski definition) is 6. The molecule has 0 spiro atoms. The first-order chi connectivity index (χ1) is 6.29. The highest BCUT2D eigenvalue weighted by molar-refractivity contribution is 5.75. The summed E-state index contributed by atoms with van der Waals surface area (Å²) in [7, 11) is 0. The van der Waals surface area contributed by atoms with Crippen molar-refractivity contribution in [2.24, 2.45) is 0 Å². The van der Waals surface area contributed by atoms with Crippen molar-refractivity contribution >= 4 is 35.0 Å². The van der Waals surface area contributed by atoms with E-state index in [1.165, 1.54) is 0 Å². The maximum Gasteiger partial charge on any atom is 0.335 e. The van der Waals surface area contributed by atoms with Gasteiger partial charge in [-0.25, -0.2) is 9.59 Å². The van der Waals surface area contributed by atoms with Crippen LogP contribution in [0.1, 0.15) is 0 Å². The molecule has 9 heteroatoms. The highest BCUT2D eigenvalue weighted by atomic mass is 24.3. The fourth-order valence-electron chi connectivity index (χ4n) is 0.666. The number of aliphatic carboxylic acids is 2. The van der Waals surface area contributed by atoms with E-state index < -0.39 is 36.4 Å². The van der Waals surface area contributed by atoms with Gasteiger partial charge in [-0.05, 0) is 0 Å². The molecule has 0 aliphatic heterocycles. The summed E-state index contributed by atoms with van der Waals surface area (Å²) in [5, 5.41) is 51.5. The van der Waals surface area contributed by atoms with Gasteiger partial charge in [0.05, 0.1) is 0 Å². The van der Waals surface area contributed by atoms with Crippen molar-refractivity contribution in [3.63, 3.8) is 0 Å². The number of rotatable bonds is 5. The van der Waals surface area contributed by atoms with Crippen LogP contribution in [0.2, 0.25) is 0 Å². The minimum absolute atomic E-state index is 0. The molecule has 0 unspecified atom stereocenters. The van der Waals surface area contributed by atoms with Crippen molar-refractivity contribution < 1.29 is 40.2 Å². The maximum atomic E-state index is 10.1.